The second-order valence-corrected chi connectivity index (χ2v) is 4.21. The SMILES string of the molecule is C1=CN(Nc2ccccc2)NC1c1ccccc1. The van der Waals surface area contributed by atoms with E-state index in [-0.39, 0.29) is 6.04 Å². The third kappa shape index (κ3) is 2.36. The quantitative estimate of drug-likeness (QED) is 0.859. The zero-order valence-electron chi connectivity index (χ0n) is 9.95. The Hall–Kier alpha value is -2.26. The monoisotopic (exact) mass is 237 g/mol. The molecule has 0 saturated carbocycles. The molecule has 0 amide bonds. The lowest BCUT2D eigenvalue weighted by atomic mass is 10.1. The first-order valence-corrected chi connectivity index (χ1v) is 6.02. The summed E-state index contributed by atoms with van der Waals surface area (Å²) in [6, 6.07) is 20.7. The zero-order chi connectivity index (χ0) is 12.2. The molecule has 18 heavy (non-hydrogen) atoms. The largest absolute Gasteiger partial charge is 0.285 e. The van der Waals surface area contributed by atoms with Crippen molar-refractivity contribution in [2.24, 2.45) is 0 Å². The van der Waals surface area contributed by atoms with Gasteiger partial charge in [0, 0.05) is 6.20 Å². The van der Waals surface area contributed by atoms with Gasteiger partial charge >= 0.3 is 0 Å². The van der Waals surface area contributed by atoms with Crippen LogP contribution in [0.2, 0.25) is 0 Å². The van der Waals surface area contributed by atoms with Gasteiger partial charge < -0.3 is 0 Å². The zero-order valence-corrected chi connectivity index (χ0v) is 9.95. The van der Waals surface area contributed by atoms with Crippen LogP contribution < -0.4 is 10.9 Å². The minimum atomic E-state index is 0.224. The van der Waals surface area contributed by atoms with Crippen molar-refractivity contribution in [2.75, 3.05) is 5.43 Å². The Kier molecular flexibility index (Phi) is 2.98. The van der Waals surface area contributed by atoms with Crippen molar-refractivity contribution < 1.29 is 0 Å². The highest BCUT2D eigenvalue weighted by Crippen LogP contribution is 2.19. The van der Waals surface area contributed by atoms with Gasteiger partial charge in [0.2, 0.25) is 0 Å². The topological polar surface area (TPSA) is 27.3 Å². The van der Waals surface area contributed by atoms with Crippen LogP contribution >= 0.6 is 0 Å². The van der Waals surface area contributed by atoms with Gasteiger partial charge in [-0.1, -0.05) is 48.5 Å². The van der Waals surface area contributed by atoms with Crippen LogP contribution in [0.3, 0.4) is 0 Å². The Morgan fingerprint density at radius 2 is 1.56 bits per heavy atom. The minimum Gasteiger partial charge on any atom is -0.285 e. The van der Waals surface area contributed by atoms with Crippen molar-refractivity contribution >= 4 is 5.69 Å². The maximum absolute atomic E-state index is 3.37. The second kappa shape index (κ2) is 4.94. The fraction of sp³-hybridized carbons (Fsp3) is 0.0667. The number of hydrogen-bond donors (Lipinski definition) is 2. The van der Waals surface area contributed by atoms with E-state index in [0.29, 0.717) is 0 Å². The third-order valence-corrected chi connectivity index (χ3v) is 2.89. The Labute approximate surface area is 107 Å². The van der Waals surface area contributed by atoms with E-state index in [1.54, 1.807) is 0 Å². The molecular weight excluding hydrogens is 222 g/mol. The van der Waals surface area contributed by atoms with Gasteiger partial charge in [0.25, 0.3) is 0 Å². The summed E-state index contributed by atoms with van der Waals surface area (Å²) in [5, 5.41) is 1.88. The van der Waals surface area contributed by atoms with Gasteiger partial charge in [-0.2, -0.15) is 0 Å². The Bertz CT molecular complexity index is 522. The molecule has 1 aliphatic heterocycles. The van der Waals surface area contributed by atoms with Crippen LogP contribution in [0.4, 0.5) is 5.69 Å². The molecule has 3 nitrogen and oxygen atoms in total. The van der Waals surface area contributed by atoms with Crippen molar-refractivity contribution in [3.05, 3.63) is 78.5 Å². The number of nitrogens with one attached hydrogen (secondary N) is 2. The molecule has 1 heterocycles. The van der Waals surface area contributed by atoms with Crippen LogP contribution in [0, 0.1) is 0 Å². The molecule has 0 spiro atoms. The minimum absolute atomic E-state index is 0.224. The molecule has 0 aromatic heterocycles. The highest BCUT2D eigenvalue weighted by atomic mass is 15.7. The molecule has 0 bridgehead atoms. The molecule has 3 heteroatoms. The van der Waals surface area contributed by atoms with Crippen LogP contribution in [0.15, 0.2) is 72.9 Å². The number of hydrogen-bond acceptors (Lipinski definition) is 3. The van der Waals surface area contributed by atoms with Gasteiger partial charge in [-0.3, -0.25) is 5.43 Å². The van der Waals surface area contributed by atoms with Crippen molar-refractivity contribution in [3.63, 3.8) is 0 Å². The third-order valence-electron chi connectivity index (χ3n) is 2.89. The van der Waals surface area contributed by atoms with Gasteiger partial charge in [-0.05, 0) is 23.8 Å². The number of nitrogens with zero attached hydrogens (tertiary/aromatic N) is 1. The van der Waals surface area contributed by atoms with Crippen molar-refractivity contribution in [1.29, 1.82) is 0 Å². The predicted molar refractivity (Wildman–Crippen MR) is 73.4 cm³/mol. The summed E-state index contributed by atoms with van der Waals surface area (Å²) >= 11 is 0. The number of benzene rings is 2. The number of rotatable bonds is 3. The smallest absolute Gasteiger partial charge is 0.0730 e. The summed E-state index contributed by atoms with van der Waals surface area (Å²) in [5.74, 6) is 0. The van der Waals surface area contributed by atoms with Gasteiger partial charge in [0.15, 0.2) is 0 Å². The molecule has 1 atom stereocenters. The molecule has 90 valence electrons. The average molecular weight is 237 g/mol. The summed E-state index contributed by atoms with van der Waals surface area (Å²) in [6.07, 6.45) is 4.13. The van der Waals surface area contributed by atoms with Crippen molar-refractivity contribution in [3.8, 4) is 0 Å². The highest BCUT2D eigenvalue weighted by Gasteiger charge is 2.15. The van der Waals surface area contributed by atoms with E-state index in [0.717, 1.165) is 5.69 Å². The van der Waals surface area contributed by atoms with Gasteiger partial charge in [0.05, 0.1) is 11.7 Å². The lowest BCUT2D eigenvalue weighted by molar-refractivity contribution is 0.328. The normalized spacial score (nSPS) is 18.0. The van der Waals surface area contributed by atoms with Gasteiger partial charge in [0.1, 0.15) is 0 Å². The summed E-state index contributed by atoms with van der Waals surface area (Å²) in [4.78, 5) is 0. The van der Waals surface area contributed by atoms with Gasteiger partial charge in [-0.25, -0.2) is 10.5 Å². The summed E-state index contributed by atoms with van der Waals surface area (Å²) in [7, 11) is 0. The molecule has 2 N–H and O–H groups in total. The van der Waals surface area contributed by atoms with Crippen LogP contribution in [0.1, 0.15) is 11.6 Å². The van der Waals surface area contributed by atoms with Crippen LogP contribution in [-0.4, -0.2) is 5.12 Å². The van der Waals surface area contributed by atoms with E-state index in [2.05, 4.69) is 41.2 Å². The first-order chi connectivity index (χ1) is 8.92. The molecule has 2 aromatic rings. The van der Waals surface area contributed by atoms with E-state index in [4.69, 9.17) is 0 Å². The summed E-state index contributed by atoms with van der Waals surface area (Å²) in [6.45, 7) is 0. The first kappa shape index (κ1) is 10.9. The first-order valence-electron chi connectivity index (χ1n) is 6.02. The van der Waals surface area contributed by atoms with Crippen LogP contribution in [0.5, 0.6) is 0 Å². The molecule has 0 aliphatic carbocycles. The number of anilines is 1. The van der Waals surface area contributed by atoms with E-state index >= 15 is 0 Å². The molecular formula is C15H15N3. The van der Waals surface area contributed by atoms with E-state index in [1.807, 2.05) is 47.7 Å². The molecule has 0 radical (unpaired) electrons. The number of para-hydroxylation sites is 1. The van der Waals surface area contributed by atoms with Crippen LogP contribution in [0.25, 0.3) is 0 Å². The maximum Gasteiger partial charge on any atom is 0.0730 e. The fourth-order valence-corrected chi connectivity index (χ4v) is 1.98. The lowest BCUT2D eigenvalue weighted by Gasteiger charge is -2.21. The highest BCUT2D eigenvalue weighted by molar-refractivity contribution is 5.42. The second-order valence-electron chi connectivity index (χ2n) is 4.21. The standard InChI is InChI=1S/C15H15N3/c1-3-7-13(8-4-1)15-11-12-18(17-15)16-14-9-5-2-6-10-14/h1-12,15-17H. The van der Waals surface area contributed by atoms with Crippen molar-refractivity contribution in [1.82, 2.24) is 10.5 Å². The lowest BCUT2D eigenvalue weighted by Crippen LogP contribution is -2.35. The van der Waals surface area contributed by atoms with E-state index in [1.165, 1.54) is 5.56 Å². The van der Waals surface area contributed by atoms with Gasteiger partial charge in [-0.15, -0.1) is 0 Å². The Morgan fingerprint density at radius 3 is 2.28 bits per heavy atom. The van der Waals surface area contributed by atoms with Crippen molar-refractivity contribution in [2.45, 2.75) is 6.04 Å². The predicted octanol–water partition coefficient (Wildman–Crippen LogP) is 3.09. The van der Waals surface area contributed by atoms with Crippen LogP contribution in [-0.2, 0) is 0 Å². The van der Waals surface area contributed by atoms with E-state index < -0.39 is 0 Å². The Balaban J connectivity index is 1.65. The fourth-order valence-electron chi connectivity index (χ4n) is 1.98. The summed E-state index contributed by atoms with van der Waals surface area (Å²) < 4.78 is 0. The molecule has 3 rings (SSSR count). The molecule has 0 fully saturated rings. The average Bonchev–Trinajstić information content (AvgIpc) is 2.89. The maximum atomic E-state index is 3.37. The molecule has 1 aliphatic rings. The molecule has 0 saturated heterocycles. The molecule has 1 unspecified atom stereocenters. The van der Waals surface area contributed by atoms with E-state index in [9.17, 15) is 0 Å². The number of hydrazine groups is 2. The Morgan fingerprint density at radius 1 is 0.889 bits per heavy atom. The molecule has 2 aromatic carbocycles. The summed E-state index contributed by atoms with van der Waals surface area (Å²) in [5.41, 5.74) is 8.96.